The Morgan fingerprint density at radius 3 is 2.48 bits per heavy atom. The van der Waals surface area contributed by atoms with E-state index in [4.69, 9.17) is 5.73 Å². The van der Waals surface area contributed by atoms with E-state index in [-0.39, 0.29) is 23.1 Å². The van der Waals surface area contributed by atoms with Crippen LogP contribution in [0.15, 0.2) is 23.0 Å². The molecule has 0 radical (unpaired) electrons. The van der Waals surface area contributed by atoms with E-state index in [2.05, 4.69) is 15.3 Å². The van der Waals surface area contributed by atoms with E-state index in [0.29, 0.717) is 0 Å². The Morgan fingerprint density at radius 1 is 1.24 bits per heavy atom. The summed E-state index contributed by atoms with van der Waals surface area (Å²) in [4.78, 5) is 28.8. The maximum absolute atomic E-state index is 12.1. The number of aromatic amines is 2. The Hall–Kier alpha value is -2.08. The minimum absolute atomic E-state index is 0.183. The first kappa shape index (κ1) is 15.3. The van der Waals surface area contributed by atoms with Crippen molar-refractivity contribution in [3.8, 4) is 0 Å². The van der Waals surface area contributed by atoms with Crippen molar-refractivity contribution in [2.45, 2.75) is 39.8 Å². The fourth-order valence-corrected chi connectivity index (χ4v) is 2.10. The molecule has 0 saturated heterocycles. The van der Waals surface area contributed by atoms with Crippen molar-refractivity contribution in [3.05, 3.63) is 34.2 Å². The second kappa shape index (κ2) is 5.37. The molecule has 0 aliphatic carbocycles. The number of imidazole rings is 1. The van der Waals surface area contributed by atoms with Crippen LogP contribution in [0.25, 0.3) is 11.0 Å². The molecule has 0 saturated carbocycles. The highest BCUT2D eigenvalue weighted by atomic mass is 16.2. The van der Waals surface area contributed by atoms with Crippen LogP contribution in [0.4, 0.5) is 0 Å². The first-order valence-electron chi connectivity index (χ1n) is 6.96. The Bertz CT molecular complexity index is 708. The van der Waals surface area contributed by atoms with Gasteiger partial charge in [0.1, 0.15) is 0 Å². The van der Waals surface area contributed by atoms with Crippen LogP contribution in [0.3, 0.4) is 0 Å². The Kier molecular flexibility index (Phi) is 3.91. The predicted molar refractivity (Wildman–Crippen MR) is 82.9 cm³/mol. The lowest BCUT2D eigenvalue weighted by Gasteiger charge is -2.27. The summed E-state index contributed by atoms with van der Waals surface area (Å²) in [6, 6.07) is 4.78. The molecule has 0 aliphatic heterocycles. The van der Waals surface area contributed by atoms with Crippen LogP contribution in [-0.4, -0.2) is 21.9 Å². The molecular weight excluding hydrogens is 268 g/mol. The second-order valence-corrected chi connectivity index (χ2v) is 6.46. The molecule has 2 atom stereocenters. The molecule has 21 heavy (non-hydrogen) atoms. The minimum Gasteiger partial charge on any atom is -0.348 e. The van der Waals surface area contributed by atoms with Crippen LogP contribution in [0.1, 0.15) is 39.3 Å². The van der Waals surface area contributed by atoms with E-state index < -0.39 is 6.04 Å². The number of nitrogens with one attached hydrogen (secondary N) is 3. The smallest absolute Gasteiger partial charge is 0.323 e. The van der Waals surface area contributed by atoms with Crippen LogP contribution >= 0.6 is 0 Å². The zero-order valence-electron chi connectivity index (χ0n) is 12.8. The van der Waals surface area contributed by atoms with Crippen LogP contribution in [0.2, 0.25) is 0 Å². The van der Waals surface area contributed by atoms with Gasteiger partial charge in [-0.25, -0.2) is 4.79 Å². The second-order valence-electron chi connectivity index (χ2n) is 6.46. The number of hydrogen-bond acceptors (Lipinski definition) is 3. The third-order valence-corrected chi connectivity index (χ3v) is 3.61. The fourth-order valence-electron chi connectivity index (χ4n) is 2.10. The summed E-state index contributed by atoms with van der Waals surface area (Å²) < 4.78 is 0. The highest BCUT2D eigenvalue weighted by molar-refractivity contribution is 5.83. The van der Waals surface area contributed by atoms with E-state index in [1.54, 1.807) is 0 Å². The molecule has 1 aromatic carbocycles. The number of rotatable bonds is 3. The average Bonchev–Trinajstić information content (AvgIpc) is 2.75. The number of nitrogens with two attached hydrogens (primary N) is 1. The molecule has 0 fully saturated rings. The number of aromatic nitrogens is 2. The quantitative estimate of drug-likeness (QED) is 0.687. The number of amides is 1. The average molecular weight is 290 g/mol. The molecular formula is C15H22N4O2. The summed E-state index contributed by atoms with van der Waals surface area (Å²) in [5.41, 5.74) is 7.79. The van der Waals surface area contributed by atoms with E-state index in [0.717, 1.165) is 16.6 Å². The standard InChI is InChI=1S/C15H22N4O2/c1-8(17-13(20)12(16)15(2,3)4)9-5-6-10-11(7-9)19-14(21)18-10/h5-8,12H,16H2,1-4H3,(H,17,20)(H2,18,19,21). The molecule has 1 heterocycles. The largest absolute Gasteiger partial charge is 0.348 e. The molecule has 2 unspecified atom stereocenters. The first-order chi connectivity index (χ1) is 9.68. The highest BCUT2D eigenvalue weighted by Crippen LogP contribution is 2.20. The lowest BCUT2D eigenvalue weighted by Crippen LogP contribution is -2.49. The maximum Gasteiger partial charge on any atom is 0.323 e. The van der Waals surface area contributed by atoms with Gasteiger partial charge in [-0.2, -0.15) is 0 Å². The van der Waals surface area contributed by atoms with Crippen molar-refractivity contribution >= 4 is 16.9 Å². The van der Waals surface area contributed by atoms with Gasteiger partial charge in [0.2, 0.25) is 5.91 Å². The van der Waals surface area contributed by atoms with Crippen LogP contribution in [-0.2, 0) is 4.79 Å². The lowest BCUT2D eigenvalue weighted by atomic mass is 9.86. The number of hydrogen-bond donors (Lipinski definition) is 4. The van der Waals surface area contributed by atoms with Crippen molar-refractivity contribution in [1.29, 1.82) is 0 Å². The Balaban J connectivity index is 2.16. The van der Waals surface area contributed by atoms with Crippen LogP contribution in [0, 0.1) is 5.41 Å². The van der Waals surface area contributed by atoms with Crippen LogP contribution < -0.4 is 16.7 Å². The third-order valence-electron chi connectivity index (χ3n) is 3.61. The van der Waals surface area contributed by atoms with Gasteiger partial charge in [-0.05, 0) is 30.0 Å². The van der Waals surface area contributed by atoms with Crippen molar-refractivity contribution in [1.82, 2.24) is 15.3 Å². The molecule has 5 N–H and O–H groups in total. The molecule has 1 aromatic heterocycles. The van der Waals surface area contributed by atoms with Crippen molar-refractivity contribution in [2.75, 3.05) is 0 Å². The first-order valence-corrected chi connectivity index (χ1v) is 6.96. The molecule has 2 aromatic rings. The fraction of sp³-hybridized carbons (Fsp3) is 0.467. The molecule has 6 nitrogen and oxygen atoms in total. The van der Waals surface area contributed by atoms with Gasteiger partial charge in [0.15, 0.2) is 0 Å². The SMILES string of the molecule is CC(NC(=O)C(N)C(C)(C)C)c1ccc2[nH]c(=O)[nH]c2c1. The third kappa shape index (κ3) is 3.33. The number of carbonyl (C=O) groups excluding carboxylic acids is 1. The molecule has 6 heteroatoms. The molecule has 1 amide bonds. The number of fused-ring (bicyclic) bond motifs is 1. The van der Waals surface area contributed by atoms with Gasteiger partial charge in [0, 0.05) is 0 Å². The summed E-state index contributed by atoms with van der Waals surface area (Å²) in [6.45, 7) is 7.68. The van der Waals surface area contributed by atoms with Gasteiger partial charge in [-0.15, -0.1) is 0 Å². The van der Waals surface area contributed by atoms with Gasteiger partial charge in [-0.1, -0.05) is 26.8 Å². The summed E-state index contributed by atoms with van der Waals surface area (Å²) in [5, 5.41) is 2.91. The van der Waals surface area contributed by atoms with Crippen molar-refractivity contribution < 1.29 is 4.79 Å². The predicted octanol–water partition coefficient (Wildman–Crippen LogP) is 1.41. The highest BCUT2D eigenvalue weighted by Gasteiger charge is 2.28. The zero-order chi connectivity index (χ0) is 15.8. The normalized spacial score (nSPS) is 14.9. The maximum atomic E-state index is 12.1. The molecule has 0 bridgehead atoms. The van der Waals surface area contributed by atoms with E-state index in [1.165, 1.54) is 0 Å². The van der Waals surface area contributed by atoms with Gasteiger partial charge < -0.3 is 21.0 Å². The van der Waals surface area contributed by atoms with Crippen molar-refractivity contribution in [3.63, 3.8) is 0 Å². The topological polar surface area (TPSA) is 104 Å². The monoisotopic (exact) mass is 290 g/mol. The van der Waals surface area contributed by atoms with E-state index in [1.807, 2.05) is 45.9 Å². The lowest BCUT2D eigenvalue weighted by molar-refractivity contribution is -0.125. The minimum atomic E-state index is -0.573. The number of H-pyrrole nitrogens is 2. The van der Waals surface area contributed by atoms with Gasteiger partial charge in [-0.3, -0.25) is 4.79 Å². The molecule has 0 aliphatic rings. The summed E-state index contributed by atoms with van der Waals surface area (Å²) in [5.74, 6) is -0.183. The summed E-state index contributed by atoms with van der Waals surface area (Å²) in [7, 11) is 0. The van der Waals surface area contributed by atoms with E-state index >= 15 is 0 Å². The summed E-state index contributed by atoms with van der Waals surface area (Å²) in [6.07, 6.45) is 0. The van der Waals surface area contributed by atoms with E-state index in [9.17, 15) is 9.59 Å². The Morgan fingerprint density at radius 2 is 1.86 bits per heavy atom. The zero-order valence-corrected chi connectivity index (χ0v) is 12.8. The summed E-state index contributed by atoms with van der Waals surface area (Å²) >= 11 is 0. The number of carbonyl (C=O) groups is 1. The van der Waals surface area contributed by atoms with Gasteiger partial charge in [0.05, 0.1) is 23.1 Å². The number of benzene rings is 1. The molecule has 0 spiro atoms. The molecule has 2 rings (SSSR count). The van der Waals surface area contributed by atoms with Crippen molar-refractivity contribution in [2.24, 2.45) is 11.1 Å². The van der Waals surface area contributed by atoms with Gasteiger partial charge in [0.25, 0.3) is 0 Å². The van der Waals surface area contributed by atoms with Crippen LogP contribution in [0.5, 0.6) is 0 Å². The Labute approximate surface area is 123 Å². The van der Waals surface area contributed by atoms with Gasteiger partial charge >= 0.3 is 5.69 Å². The molecule has 114 valence electrons.